The van der Waals surface area contributed by atoms with Gasteiger partial charge in [0.25, 0.3) is 5.91 Å². The van der Waals surface area contributed by atoms with Gasteiger partial charge in [-0.3, -0.25) is 19.3 Å². The van der Waals surface area contributed by atoms with Crippen LogP contribution in [0.15, 0.2) is 41.6 Å². The van der Waals surface area contributed by atoms with Gasteiger partial charge in [0.15, 0.2) is 11.5 Å². The minimum Gasteiger partial charge on any atom is -0.441 e. The van der Waals surface area contributed by atoms with E-state index in [1.54, 1.807) is 51.1 Å². The molecular formula is C20H23NO7S. The number of carbonyl (C=O) groups is 3. The summed E-state index contributed by atoms with van der Waals surface area (Å²) in [6.45, 7) is 6.17. The number of ketones is 1. The van der Waals surface area contributed by atoms with Crippen molar-refractivity contribution < 1.29 is 32.3 Å². The number of benzene rings is 1. The van der Waals surface area contributed by atoms with Gasteiger partial charge in [-0.25, -0.2) is 8.42 Å². The van der Waals surface area contributed by atoms with Crippen LogP contribution >= 0.6 is 0 Å². The van der Waals surface area contributed by atoms with Gasteiger partial charge in [0, 0.05) is 18.2 Å². The lowest BCUT2D eigenvalue weighted by Gasteiger charge is -2.50. The van der Waals surface area contributed by atoms with Crippen LogP contribution in [0.5, 0.6) is 0 Å². The lowest BCUT2D eigenvalue weighted by atomic mass is 9.97. The van der Waals surface area contributed by atoms with E-state index >= 15 is 0 Å². The highest BCUT2D eigenvalue weighted by atomic mass is 32.2. The molecule has 9 heteroatoms. The highest BCUT2D eigenvalue weighted by molar-refractivity contribution is 7.93. The molecule has 0 N–H and O–H groups in total. The lowest BCUT2D eigenvalue weighted by Crippen LogP contribution is -2.72. The molecule has 0 radical (unpaired) electrons. The van der Waals surface area contributed by atoms with Crippen LogP contribution in [-0.2, 0) is 28.9 Å². The average Bonchev–Trinajstić information content (AvgIpc) is 2.65. The fourth-order valence-corrected chi connectivity index (χ4v) is 5.48. The zero-order chi connectivity index (χ0) is 21.7. The molecule has 0 aromatic heterocycles. The quantitative estimate of drug-likeness (QED) is 0.413. The smallest absolute Gasteiger partial charge is 0.312 e. The molecule has 3 rings (SSSR count). The fraction of sp³-hybridized carbons (Fsp3) is 0.450. The normalized spacial score (nSPS) is 25.9. The Morgan fingerprint density at radius 1 is 1.10 bits per heavy atom. The molecule has 0 spiro atoms. The number of nitrogens with zero attached hydrogens (tertiary/aromatic N) is 1. The third kappa shape index (κ3) is 3.28. The Morgan fingerprint density at radius 3 is 2.21 bits per heavy atom. The van der Waals surface area contributed by atoms with Gasteiger partial charge in [-0.1, -0.05) is 30.3 Å². The van der Waals surface area contributed by atoms with Crippen molar-refractivity contribution in [2.45, 2.75) is 44.6 Å². The Morgan fingerprint density at radius 2 is 1.69 bits per heavy atom. The van der Waals surface area contributed by atoms with E-state index in [4.69, 9.17) is 9.47 Å². The first-order valence-electron chi connectivity index (χ1n) is 9.03. The van der Waals surface area contributed by atoms with E-state index in [1.165, 1.54) is 14.0 Å². The topological polar surface area (TPSA) is 107 Å². The Hall–Kier alpha value is -2.52. The maximum atomic E-state index is 13.2. The number of Topliss-reactive ketones (excluding diaryl/α,β-unsaturated/α-hetero) is 1. The third-order valence-corrected chi connectivity index (χ3v) is 7.11. The molecule has 1 amide bonds. The molecule has 0 saturated carbocycles. The second kappa shape index (κ2) is 7.07. The lowest BCUT2D eigenvalue weighted by molar-refractivity contribution is -0.160. The van der Waals surface area contributed by atoms with E-state index in [9.17, 15) is 22.8 Å². The van der Waals surface area contributed by atoms with E-state index in [0.717, 1.165) is 4.90 Å². The molecule has 156 valence electrons. The van der Waals surface area contributed by atoms with Crippen LogP contribution in [0.3, 0.4) is 0 Å². The van der Waals surface area contributed by atoms with Crippen LogP contribution in [0.1, 0.15) is 38.1 Å². The van der Waals surface area contributed by atoms with Crippen molar-refractivity contribution in [2.75, 3.05) is 7.11 Å². The number of ether oxygens (including phenoxy) is 2. The largest absolute Gasteiger partial charge is 0.441 e. The van der Waals surface area contributed by atoms with E-state index in [0.29, 0.717) is 0 Å². The van der Waals surface area contributed by atoms with Gasteiger partial charge in [-0.2, -0.15) is 0 Å². The monoisotopic (exact) mass is 421 g/mol. The molecule has 1 fully saturated rings. The van der Waals surface area contributed by atoms with Crippen LogP contribution in [0.2, 0.25) is 0 Å². The van der Waals surface area contributed by atoms with Crippen molar-refractivity contribution in [3.63, 3.8) is 0 Å². The highest BCUT2D eigenvalue weighted by Gasteiger charge is 2.64. The molecule has 8 nitrogen and oxygen atoms in total. The predicted octanol–water partition coefficient (Wildman–Crippen LogP) is 1.67. The molecule has 3 atom stereocenters. The minimum atomic E-state index is -4.19. The van der Waals surface area contributed by atoms with Crippen LogP contribution in [0, 0.1) is 5.41 Å². The van der Waals surface area contributed by atoms with E-state index in [1.807, 2.05) is 0 Å². The van der Waals surface area contributed by atoms with Crippen molar-refractivity contribution in [3.05, 3.63) is 47.2 Å². The summed E-state index contributed by atoms with van der Waals surface area (Å²) >= 11 is 0. The van der Waals surface area contributed by atoms with Crippen molar-refractivity contribution in [3.8, 4) is 0 Å². The molecule has 29 heavy (non-hydrogen) atoms. The van der Waals surface area contributed by atoms with Crippen molar-refractivity contribution in [1.82, 2.24) is 4.90 Å². The van der Waals surface area contributed by atoms with Gasteiger partial charge in [-0.05, 0) is 27.7 Å². The zero-order valence-corrected chi connectivity index (χ0v) is 17.6. The summed E-state index contributed by atoms with van der Waals surface area (Å²) in [7, 11) is -2.97. The van der Waals surface area contributed by atoms with Gasteiger partial charge in [0.1, 0.15) is 0 Å². The molecule has 2 heterocycles. The number of rotatable bonds is 4. The molecule has 0 aliphatic carbocycles. The molecule has 1 aromatic carbocycles. The number of methoxy groups -OCH3 is 1. The van der Waals surface area contributed by atoms with Crippen molar-refractivity contribution in [2.24, 2.45) is 5.41 Å². The predicted molar refractivity (Wildman–Crippen MR) is 103 cm³/mol. The number of sulfone groups is 1. The van der Waals surface area contributed by atoms with E-state index < -0.39 is 49.8 Å². The van der Waals surface area contributed by atoms with Crippen LogP contribution in [0.25, 0.3) is 0 Å². The van der Waals surface area contributed by atoms with Gasteiger partial charge in [0.2, 0.25) is 21.1 Å². The second-order valence-electron chi connectivity index (χ2n) is 8.06. The van der Waals surface area contributed by atoms with Crippen LogP contribution < -0.4 is 0 Å². The molecule has 2 aliphatic heterocycles. The standard InChI is InChI=1S/C20H23NO7S/c1-11-13(14(22)12-9-7-6-8-10-12)21-16(23)15(27-5)17(21)29(25,26)18(11)28-19(24)20(2,3)4/h6-10,15,17-18H,1-5H3/t15-,17+,18?/m0/s1. The summed E-state index contributed by atoms with van der Waals surface area (Å²) in [5.41, 5.74) is -2.44. The maximum Gasteiger partial charge on any atom is 0.312 e. The van der Waals surface area contributed by atoms with Crippen molar-refractivity contribution in [1.29, 1.82) is 0 Å². The first-order chi connectivity index (χ1) is 13.4. The molecule has 1 aromatic rings. The first-order valence-corrected chi connectivity index (χ1v) is 10.6. The SMILES string of the molecule is CO[C@H]1C(=O)N2C(C(=O)c3ccccc3)=C(C)C(OC(=O)C(C)(C)C)S(=O)(=O)[C@H]12. The van der Waals surface area contributed by atoms with E-state index in [-0.39, 0.29) is 16.8 Å². The fourth-order valence-electron chi connectivity index (χ4n) is 3.33. The third-order valence-electron chi connectivity index (χ3n) is 4.93. The summed E-state index contributed by atoms with van der Waals surface area (Å²) in [6, 6.07) is 8.18. The Labute approximate surface area is 169 Å². The second-order valence-corrected chi connectivity index (χ2v) is 10.1. The number of allylic oxidation sites excluding steroid dienone is 1. The number of fused-ring (bicyclic) bond motifs is 1. The maximum absolute atomic E-state index is 13.2. The molecular weight excluding hydrogens is 398 g/mol. The van der Waals surface area contributed by atoms with Gasteiger partial charge in [0.05, 0.1) is 11.1 Å². The number of β-lactam (4-membered cyclic amide) rings is 1. The zero-order valence-electron chi connectivity index (χ0n) is 16.8. The van der Waals surface area contributed by atoms with Crippen molar-refractivity contribution >= 4 is 27.5 Å². The Balaban J connectivity index is 2.16. The van der Waals surface area contributed by atoms with E-state index in [2.05, 4.69) is 0 Å². The first kappa shape index (κ1) is 21.2. The number of carbonyl (C=O) groups excluding carboxylic acids is 3. The van der Waals surface area contributed by atoms with Crippen LogP contribution in [0.4, 0.5) is 0 Å². The number of hydrogen-bond acceptors (Lipinski definition) is 7. The Bertz CT molecular complexity index is 1010. The van der Waals surface area contributed by atoms with Gasteiger partial charge < -0.3 is 9.47 Å². The summed E-state index contributed by atoms with van der Waals surface area (Å²) in [5, 5.41) is -1.43. The Kier molecular flexibility index (Phi) is 5.17. The number of esters is 1. The molecule has 2 aliphatic rings. The highest BCUT2D eigenvalue weighted by Crippen LogP contribution is 2.42. The molecule has 1 saturated heterocycles. The van der Waals surface area contributed by atoms with Crippen LogP contribution in [-0.4, -0.2) is 55.0 Å². The number of hydrogen-bond donors (Lipinski definition) is 0. The summed E-state index contributed by atoms with van der Waals surface area (Å²) in [5.74, 6) is -1.88. The summed E-state index contributed by atoms with van der Waals surface area (Å²) in [6.07, 6.45) is -1.26. The van der Waals surface area contributed by atoms with Gasteiger partial charge >= 0.3 is 5.97 Å². The minimum absolute atomic E-state index is 0.00407. The summed E-state index contributed by atoms with van der Waals surface area (Å²) < 4.78 is 36.7. The molecule has 0 bridgehead atoms. The number of amides is 1. The molecule has 1 unspecified atom stereocenters. The summed E-state index contributed by atoms with van der Waals surface area (Å²) in [4.78, 5) is 39.1. The van der Waals surface area contributed by atoms with Gasteiger partial charge in [-0.15, -0.1) is 0 Å². The average molecular weight is 421 g/mol.